The highest BCUT2D eigenvalue weighted by Crippen LogP contribution is 2.32. The van der Waals surface area contributed by atoms with Crippen LogP contribution in [0.3, 0.4) is 0 Å². The fraction of sp³-hybridized carbons (Fsp3) is 0.105. The van der Waals surface area contributed by atoms with Gasteiger partial charge in [0, 0.05) is 11.8 Å². The van der Waals surface area contributed by atoms with Crippen molar-refractivity contribution in [1.82, 2.24) is 10.2 Å². The molecule has 0 radical (unpaired) electrons. The predicted octanol–water partition coefficient (Wildman–Crippen LogP) is 3.90. The molecule has 2 aromatic carbocycles. The minimum absolute atomic E-state index is 0.189. The SMILES string of the molecule is O=C(Nc1ccc2c(c1)OCCO2)c1ccc(Nc2ccccc2Cl)nn1. The Morgan fingerprint density at radius 3 is 2.56 bits per heavy atom. The summed E-state index contributed by atoms with van der Waals surface area (Å²) in [5.74, 6) is 1.38. The summed E-state index contributed by atoms with van der Waals surface area (Å²) in [6, 6.07) is 15.8. The van der Waals surface area contributed by atoms with Gasteiger partial charge in [-0.15, -0.1) is 10.2 Å². The monoisotopic (exact) mass is 382 g/mol. The summed E-state index contributed by atoms with van der Waals surface area (Å²) in [7, 11) is 0. The number of nitrogens with zero attached hydrogens (tertiary/aromatic N) is 2. The van der Waals surface area contributed by atoms with E-state index in [1.807, 2.05) is 18.2 Å². The largest absolute Gasteiger partial charge is 0.486 e. The minimum atomic E-state index is -0.372. The molecule has 1 amide bonds. The molecule has 2 N–H and O–H groups in total. The van der Waals surface area contributed by atoms with Crippen LogP contribution >= 0.6 is 11.6 Å². The van der Waals surface area contributed by atoms with Crippen molar-refractivity contribution in [3.05, 3.63) is 65.3 Å². The van der Waals surface area contributed by atoms with Gasteiger partial charge in [-0.2, -0.15) is 0 Å². The highest BCUT2D eigenvalue weighted by atomic mass is 35.5. The highest BCUT2D eigenvalue weighted by Gasteiger charge is 2.14. The second kappa shape index (κ2) is 7.51. The van der Waals surface area contributed by atoms with E-state index in [0.717, 1.165) is 0 Å². The zero-order chi connectivity index (χ0) is 18.6. The number of benzene rings is 2. The number of hydrogen-bond acceptors (Lipinski definition) is 6. The third-order valence-corrected chi connectivity index (χ3v) is 4.16. The van der Waals surface area contributed by atoms with E-state index in [4.69, 9.17) is 21.1 Å². The van der Waals surface area contributed by atoms with Crippen LogP contribution in [0.4, 0.5) is 17.2 Å². The molecule has 136 valence electrons. The van der Waals surface area contributed by atoms with Crippen molar-refractivity contribution in [2.45, 2.75) is 0 Å². The molecule has 1 aliphatic heterocycles. The third-order valence-electron chi connectivity index (χ3n) is 3.83. The number of anilines is 3. The topological polar surface area (TPSA) is 85.4 Å². The maximum Gasteiger partial charge on any atom is 0.276 e. The van der Waals surface area contributed by atoms with E-state index in [2.05, 4.69) is 20.8 Å². The Kier molecular flexibility index (Phi) is 4.76. The van der Waals surface area contributed by atoms with Crippen molar-refractivity contribution in [2.75, 3.05) is 23.8 Å². The maximum atomic E-state index is 12.4. The van der Waals surface area contributed by atoms with E-state index < -0.39 is 0 Å². The van der Waals surface area contributed by atoms with E-state index in [-0.39, 0.29) is 11.6 Å². The standard InChI is InChI=1S/C19H15ClN4O3/c20-13-3-1-2-4-14(13)22-18-8-6-15(23-24-18)19(25)21-12-5-7-16-17(11-12)27-10-9-26-16/h1-8,11H,9-10H2,(H,21,25)(H,22,24). The molecule has 0 aliphatic carbocycles. The summed E-state index contributed by atoms with van der Waals surface area (Å²) >= 11 is 6.10. The average molecular weight is 383 g/mol. The molecule has 0 bridgehead atoms. The molecule has 0 spiro atoms. The smallest absolute Gasteiger partial charge is 0.276 e. The van der Waals surface area contributed by atoms with Gasteiger partial charge < -0.3 is 20.1 Å². The van der Waals surface area contributed by atoms with Crippen LogP contribution in [0.2, 0.25) is 5.02 Å². The van der Waals surface area contributed by atoms with E-state index in [9.17, 15) is 4.79 Å². The number of rotatable bonds is 4. The lowest BCUT2D eigenvalue weighted by molar-refractivity contribution is 0.102. The lowest BCUT2D eigenvalue weighted by Gasteiger charge is -2.18. The van der Waals surface area contributed by atoms with Crippen LogP contribution in [0.25, 0.3) is 0 Å². The lowest BCUT2D eigenvalue weighted by atomic mass is 10.2. The van der Waals surface area contributed by atoms with Crippen LogP contribution in [-0.2, 0) is 0 Å². The average Bonchev–Trinajstić information content (AvgIpc) is 2.70. The quantitative estimate of drug-likeness (QED) is 0.711. The van der Waals surface area contributed by atoms with Crippen molar-refractivity contribution in [3.63, 3.8) is 0 Å². The number of fused-ring (bicyclic) bond motifs is 1. The zero-order valence-electron chi connectivity index (χ0n) is 14.1. The van der Waals surface area contributed by atoms with Crippen molar-refractivity contribution < 1.29 is 14.3 Å². The van der Waals surface area contributed by atoms with Crippen LogP contribution in [0.15, 0.2) is 54.6 Å². The first-order valence-electron chi connectivity index (χ1n) is 8.25. The Labute approximate surface area is 160 Å². The summed E-state index contributed by atoms with van der Waals surface area (Å²) in [5, 5.41) is 14.4. The minimum Gasteiger partial charge on any atom is -0.486 e. The molecule has 4 rings (SSSR count). The number of carbonyl (C=O) groups excluding carboxylic acids is 1. The maximum absolute atomic E-state index is 12.4. The molecule has 0 saturated heterocycles. The Morgan fingerprint density at radius 1 is 0.963 bits per heavy atom. The summed E-state index contributed by atoms with van der Waals surface area (Å²) < 4.78 is 11.0. The Balaban J connectivity index is 1.44. The number of amides is 1. The van der Waals surface area contributed by atoms with E-state index in [1.165, 1.54) is 0 Å². The fourth-order valence-electron chi connectivity index (χ4n) is 2.54. The third kappa shape index (κ3) is 3.93. The van der Waals surface area contributed by atoms with Gasteiger partial charge >= 0.3 is 0 Å². The molecule has 0 unspecified atom stereocenters. The molecule has 0 atom stereocenters. The summed E-state index contributed by atoms with van der Waals surface area (Å²) in [4.78, 5) is 12.4. The molecule has 1 aliphatic rings. The van der Waals surface area contributed by atoms with Crippen LogP contribution in [0.5, 0.6) is 11.5 Å². The van der Waals surface area contributed by atoms with Crippen molar-refractivity contribution >= 4 is 34.7 Å². The first kappa shape index (κ1) is 17.1. The summed E-state index contributed by atoms with van der Waals surface area (Å²) in [6.07, 6.45) is 0. The van der Waals surface area contributed by atoms with Crippen molar-refractivity contribution in [1.29, 1.82) is 0 Å². The molecular formula is C19H15ClN4O3. The number of aromatic nitrogens is 2. The normalized spacial score (nSPS) is 12.3. The second-order valence-electron chi connectivity index (χ2n) is 5.72. The van der Waals surface area contributed by atoms with E-state index >= 15 is 0 Å². The first-order chi connectivity index (χ1) is 13.2. The van der Waals surface area contributed by atoms with Gasteiger partial charge in [-0.1, -0.05) is 23.7 Å². The summed E-state index contributed by atoms with van der Waals surface area (Å²) in [6.45, 7) is 0.999. The molecule has 8 heteroatoms. The molecule has 0 saturated carbocycles. The molecule has 1 aromatic heterocycles. The van der Waals surface area contributed by atoms with Crippen LogP contribution in [-0.4, -0.2) is 29.3 Å². The number of carbonyl (C=O) groups is 1. The van der Waals surface area contributed by atoms with Gasteiger partial charge in [0.1, 0.15) is 13.2 Å². The highest BCUT2D eigenvalue weighted by molar-refractivity contribution is 6.33. The molecule has 3 aromatic rings. The van der Waals surface area contributed by atoms with Gasteiger partial charge in [0.15, 0.2) is 23.0 Å². The Morgan fingerprint density at radius 2 is 1.78 bits per heavy atom. The van der Waals surface area contributed by atoms with Crippen LogP contribution < -0.4 is 20.1 Å². The van der Waals surface area contributed by atoms with Gasteiger partial charge in [0.05, 0.1) is 10.7 Å². The number of halogens is 1. The Hall–Kier alpha value is -3.32. The van der Waals surface area contributed by atoms with Gasteiger partial charge in [0.25, 0.3) is 5.91 Å². The van der Waals surface area contributed by atoms with Gasteiger partial charge in [-0.3, -0.25) is 4.79 Å². The first-order valence-corrected chi connectivity index (χ1v) is 8.63. The van der Waals surface area contributed by atoms with Crippen molar-refractivity contribution in [3.8, 4) is 11.5 Å². The fourth-order valence-corrected chi connectivity index (χ4v) is 2.72. The van der Waals surface area contributed by atoms with Crippen LogP contribution in [0, 0.1) is 0 Å². The number of para-hydroxylation sites is 1. The number of ether oxygens (including phenoxy) is 2. The van der Waals surface area contributed by atoms with E-state index in [0.29, 0.717) is 46.9 Å². The molecule has 2 heterocycles. The number of hydrogen-bond donors (Lipinski definition) is 2. The molecule has 0 fully saturated rings. The predicted molar refractivity (Wildman–Crippen MR) is 102 cm³/mol. The van der Waals surface area contributed by atoms with Gasteiger partial charge in [0.2, 0.25) is 0 Å². The van der Waals surface area contributed by atoms with Gasteiger partial charge in [-0.05, 0) is 36.4 Å². The van der Waals surface area contributed by atoms with E-state index in [1.54, 1.807) is 36.4 Å². The zero-order valence-corrected chi connectivity index (χ0v) is 14.9. The molecule has 7 nitrogen and oxygen atoms in total. The van der Waals surface area contributed by atoms with Gasteiger partial charge in [-0.25, -0.2) is 0 Å². The second-order valence-corrected chi connectivity index (χ2v) is 6.13. The lowest BCUT2D eigenvalue weighted by Crippen LogP contribution is -2.17. The van der Waals surface area contributed by atoms with Crippen LogP contribution in [0.1, 0.15) is 10.5 Å². The summed E-state index contributed by atoms with van der Waals surface area (Å²) in [5.41, 5.74) is 1.49. The van der Waals surface area contributed by atoms with Crippen molar-refractivity contribution in [2.24, 2.45) is 0 Å². The molecule has 27 heavy (non-hydrogen) atoms. The number of nitrogens with one attached hydrogen (secondary N) is 2. The molecular weight excluding hydrogens is 368 g/mol. The Bertz CT molecular complexity index is 979.